The number of hydrogen-bond donors (Lipinski definition) is 1. The van der Waals surface area contributed by atoms with E-state index in [1.807, 2.05) is 30.3 Å². The van der Waals surface area contributed by atoms with Crippen LogP contribution < -0.4 is 4.74 Å². The van der Waals surface area contributed by atoms with Crippen LogP contribution in [-0.4, -0.2) is 49.0 Å². The Labute approximate surface area is 174 Å². The Morgan fingerprint density at radius 3 is 2.70 bits per heavy atom. The second-order valence-electron chi connectivity index (χ2n) is 6.18. The van der Waals surface area contributed by atoms with Gasteiger partial charge in [0.2, 0.25) is 0 Å². The number of β-amino-alcohol motifs (C(OH)–C–C–N with tert-alkyl or cyclic N) is 1. The van der Waals surface area contributed by atoms with Gasteiger partial charge >= 0.3 is 0 Å². The minimum Gasteiger partial charge on any atom is -0.491 e. The van der Waals surface area contributed by atoms with Crippen molar-refractivity contribution >= 4 is 35.6 Å². The molecule has 2 unspecified atom stereocenters. The summed E-state index contributed by atoms with van der Waals surface area (Å²) in [7, 11) is 0. The second-order valence-corrected chi connectivity index (χ2v) is 7.00. The highest BCUT2D eigenvalue weighted by Crippen LogP contribution is 2.32. The zero-order valence-electron chi connectivity index (χ0n) is 14.5. The summed E-state index contributed by atoms with van der Waals surface area (Å²) in [5.41, 5.74) is 0.563. The molecule has 3 rings (SSSR count). The van der Waals surface area contributed by atoms with E-state index in [0.717, 1.165) is 5.75 Å². The molecular formula is C19H21Cl3FNO3. The quantitative estimate of drug-likeness (QED) is 0.683. The van der Waals surface area contributed by atoms with Gasteiger partial charge < -0.3 is 14.6 Å². The zero-order valence-corrected chi connectivity index (χ0v) is 16.8. The standard InChI is InChI=1S/C19H20Cl2FNO3.ClH/c20-16-9-17(21)18(22)8-15(16)19-11-23(6-7-25-19)10-13(24)12-26-14-4-2-1-3-5-14;/h1-5,8-9,13,19,24H,6-7,10-12H2;1H. The molecule has 2 atom stereocenters. The number of halogens is 4. The number of morpholine rings is 1. The summed E-state index contributed by atoms with van der Waals surface area (Å²) >= 11 is 11.9. The highest BCUT2D eigenvalue weighted by atomic mass is 35.5. The minimum atomic E-state index is -0.647. The van der Waals surface area contributed by atoms with E-state index < -0.39 is 11.9 Å². The monoisotopic (exact) mass is 435 g/mol. The van der Waals surface area contributed by atoms with Gasteiger partial charge in [0, 0.05) is 30.2 Å². The molecule has 27 heavy (non-hydrogen) atoms. The average Bonchev–Trinajstić information content (AvgIpc) is 2.64. The lowest BCUT2D eigenvalue weighted by atomic mass is 10.1. The highest BCUT2D eigenvalue weighted by Gasteiger charge is 2.26. The van der Waals surface area contributed by atoms with Crippen molar-refractivity contribution in [2.24, 2.45) is 0 Å². The Hall–Kier alpha value is -1.08. The van der Waals surface area contributed by atoms with Crippen molar-refractivity contribution in [2.75, 3.05) is 32.8 Å². The third-order valence-corrected chi connectivity index (χ3v) is 4.81. The molecule has 0 spiro atoms. The number of nitrogens with zero attached hydrogens (tertiary/aromatic N) is 1. The first-order chi connectivity index (χ1) is 12.5. The molecule has 0 radical (unpaired) electrons. The molecule has 1 aliphatic heterocycles. The fourth-order valence-electron chi connectivity index (χ4n) is 2.90. The number of para-hydroxylation sites is 1. The lowest BCUT2D eigenvalue weighted by molar-refractivity contribution is -0.0460. The van der Waals surface area contributed by atoms with Crippen LogP contribution in [0.2, 0.25) is 10.0 Å². The van der Waals surface area contributed by atoms with Crippen LogP contribution >= 0.6 is 35.6 Å². The maximum absolute atomic E-state index is 13.8. The Morgan fingerprint density at radius 1 is 1.22 bits per heavy atom. The van der Waals surface area contributed by atoms with Gasteiger partial charge in [-0.1, -0.05) is 41.4 Å². The molecular weight excluding hydrogens is 416 g/mol. The van der Waals surface area contributed by atoms with E-state index in [1.165, 1.54) is 12.1 Å². The number of aliphatic hydroxyl groups is 1. The van der Waals surface area contributed by atoms with Crippen LogP contribution in [0.5, 0.6) is 5.75 Å². The van der Waals surface area contributed by atoms with Gasteiger partial charge in [0.05, 0.1) is 17.7 Å². The Bertz CT molecular complexity index is 736. The lowest BCUT2D eigenvalue weighted by Gasteiger charge is -2.34. The van der Waals surface area contributed by atoms with Crippen LogP contribution in [0.1, 0.15) is 11.7 Å². The van der Waals surface area contributed by atoms with Gasteiger partial charge in [0.1, 0.15) is 24.3 Å². The number of rotatable bonds is 6. The summed E-state index contributed by atoms with van der Waals surface area (Å²) in [6.07, 6.45) is -1.02. The van der Waals surface area contributed by atoms with Crippen molar-refractivity contribution in [3.05, 3.63) is 63.9 Å². The molecule has 2 aromatic carbocycles. The van der Waals surface area contributed by atoms with Crippen molar-refractivity contribution in [3.63, 3.8) is 0 Å². The van der Waals surface area contributed by atoms with Crippen molar-refractivity contribution in [1.82, 2.24) is 4.90 Å². The molecule has 0 amide bonds. The summed E-state index contributed by atoms with van der Waals surface area (Å²) in [5.74, 6) is 0.193. The summed E-state index contributed by atoms with van der Waals surface area (Å²) in [6, 6.07) is 12.0. The molecule has 0 bridgehead atoms. The predicted molar refractivity (Wildman–Crippen MR) is 107 cm³/mol. The first kappa shape index (κ1) is 22.2. The molecule has 8 heteroatoms. The SMILES string of the molecule is Cl.OC(COc1ccccc1)CN1CCOC(c2cc(F)c(Cl)cc2Cl)C1. The number of benzene rings is 2. The normalized spacial score (nSPS) is 18.6. The molecule has 1 saturated heterocycles. The van der Waals surface area contributed by atoms with Gasteiger partial charge in [0.15, 0.2) is 0 Å². The molecule has 0 aliphatic carbocycles. The van der Waals surface area contributed by atoms with Gasteiger partial charge in [-0.3, -0.25) is 4.90 Å². The van der Waals surface area contributed by atoms with Gasteiger partial charge in [-0.2, -0.15) is 0 Å². The summed E-state index contributed by atoms with van der Waals surface area (Å²) in [6.45, 7) is 2.27. The number of ether oxygens (including phenoxy) is 2. The third-order valence-electron chi connectivity index (χ3n) is 4.19. The van der Waals surface area contributed by atoms with Crippen molar-refractivity contribution in [1.29, 1.82) is 0 Å². The maximum Gasteiger partial charge on any atom is 0.142 e. The first-order valence-corrected chi connectivity index (χ1v) is 9.13. The smallest absolute Gasteiger partial charge is 0.142 e. The largest absolute Gasteiger partial charge is 0.491 e. The van der Waals surface area contributed by atoms with Gasteiger partial charge in [-0.05, 0) is 24.3 Å². The molecule has 148 valence electrons. The van der Waals surface area contributed by atoms with E-state index in [0.29, 0.717) is 36.8 Å². The fourth-order valence-corrected chi connectivity index (χ4v) is 3.41. The highest BCUT2D eigenvalue weighted by molar-refractivity contribution is 6.35. The summed E-state index contributed by atoms with van der Waals surface area (Å²) in [5, 5.41) is 10.6. The van der Waals surface area contributed by atoms with Gasteiger partial charge in [-0.15, -0.1) is 12.4 Å². The Balaban J connectivity index is 0.00000261. The third kappa shape index (κ3) is 6.21. The van der Waals surface area contributed by atoms with Crippen molar-refractivity contribution in [2.45, 2.75) is 12.2 Å². The number of aliphatic hydroxyl groups excluding tert-OH is 1. The van der Waals surface area contributed by atoms with Gasteiger partial charge in [-0.25, -0.2) is 4.39 Å². The minimum absolute atomic E-state index is 0. The zero-order chi connectivity index (χ0) is 18.5. The summed E-state index contributed by atoms with van der Waals surface area (Å²) in [4.78, 5) is 2.05. The van der Waals surface area contributed by atoms with E-state index in [-0.39, 0.29) is 30.1 Å². The van der Waals surface area contributed by atoms with E-state index in [9.17, 15) is 9.50 Å². The van der Waals surface area contributed by atoms with Crippen molar-refractivity contribution < 1.29 is 19.0 Å². The van der Waals surface area contributed by atoms with Crippen LogP contribution in [0.3, 0.4) is 0 Å². The van der Waals surface area contributed by atoms with Crippen LogP contribution in [0.15, 0.2) is 42.5 Å². The summed E-state index contributed by atoms with van der Waals surface area (Å²) < 4.78 is 25.1. The second kappa shape index (κ2) is 10.5. The molecule has 0 aromatic heterocycles. The van der Waals surface area contributed by atoms with Crippen LogP contribution in [0.4, 0.5) is 4.39 Å². The number of hydrogen-bond acceptors (Lipinski definition) is 4. The average molecular weight is 437 g/mol. The van der Waals surface area contributed by atoms with Crippen LogP contribution in [0, 0.1) is 5.82 Å². The van der Waals surface area contributed by atoms with E-state index in [1.54, 1.807) is 0 Å². The Kier molecular flexibility index (Phi) is 8.61. The molecule has 0 saturated carbocycles. The van der Waals surface area contributed by atoms with Gasteiger partial charge in [0.25, 0.3) is 0 Å². The fraction of sp³-hybridized carbons (Fsp3) is 0.368. The van der Waals surface area contributed by atoms with Crippen molar-refractivity contribution in [3.8, 4) is 5.75 Å². The van der Waals surface area contributed by atoms with Crippen LogP contribution in [-0.2, 0) is 4.74 Å². The molecule has 1 N–H and O–H groups in total. The molecule has 1 aliphatic rings. The van der Waals surface area contributed by atoms with E-state index in [2.05, 4.69) is 4.90 Å². The topological polar surface area (TPSA) is 41.9 Å². The van der Waals surface area contributed by atoms with Crippen LogP contribution in [0.25, 0.3) is 0 Å². The molecule has 1 fully saturated rings. The maximum atomic E-state index is 13.8. The van der Waals surface area contributed by atoms with E-state index >= 15 is 0 Å². The van der Waals surface area contributed by atoms with E-state index in [4.69, 9.17) is 32.7 Å². The predicted octanol–water partition coefficient (Wildman–Crippen LogP) is 4.37. The molecule has 1 heterocycles. The molecule has 2 aromatic rings. The first-order valence-electron chi connectivity index (χ1n) is 8.37. The lowest BCUT2D eigenvalue weighted by Crippen LogP contribution is -2.43. The molecule has 4 nitrogen and oxygen atoms in total. The Morgan fingerprint density at radius 2 is 1.96 bits per heavy atom.